The maximum Gasteiger partial charge on any atom is 0.437 e. The summed E-state index contributed by atoms with van der Waals surface area (Å²) in [6, 6.07) is 9.62. The number of amides is 1. The van der Waals surface area contributed by atoms with Gasteiger partial charge in [-0.05, 0) is 58.2 Å². The van der Waals surface area contributed by atoms with Crippen molar-refractivity contribution in [3.8, 4) is 5.69 Å². The molecular weight excluding hydrogens is 434 g/mol. The molecule has 1 aliphatic rings. The first kappa shape index (κ1) is 23.7. The number of rotatable bonds is 7. The Kier molecular flexibility index (Phi) is 6.56. The summed E-state index contributed by atoms with van der Waals surface area (Å²) in [5.74, 6) is -0.126. The zero-order valence-corrected chi connectivity index (χ0v) is 20.2. The molecule has 0 bridgehead atoms. The molecule has 1 saturated carbocycles. The average Bonchev–Trinajstić information content (AvgIpc) is 3.35. The minimum Gasteiger partial charge on any atom is -0.442 e. The van der Waals surface area contributed by atoms with Gasteiger partial charge in [0.1, 0.15) is 11.4 Å². The quantitative estimate of drug-likeness (QED) is 0.547. The molecule has 0 aliphatic heterocycles. The van der Waals surface area contributed by atoms with Crippen LogP contribution in [0.4, 0.5) is 10.6 Å². The summed E-state index contributed by atoms with van der Waals surface area (Å²) in [5.41, 5.74) is 2.78. The molecular formula is C25H31N5O4. The second-order valence-electron chi connectivity index (χ2n) is 9.65. The summed E-state index contributed by atoms with van der Waals surface area (Å²) in [4.78, 5) is 25.8. The summed E-state index contributed by atoms with van der Waals surface area (Å²) < 4.78 is 13.6. The third-order valence-corrected chi connectivity index (χ3v) is 5.52. The fraction of sp³-hybridized carbons (Fsp3) is 0.440. The molecule has 1 amide bonds. The standard InChI is InChI=1S/C25H31N5O4/c1-16(19-13-26-29(14-19)20-8-6-7-17(11-20)15-33-5)23(31)27-22-12-21(18-9-10-18)28-30(22)24(32)34-25(2,3)4/h6-8,11-14,16,18H,9-10,15H2,1-5H3,(H,27,31). The largest absolute Gasteiger partial charge is 0.442 e. The Morgan fingerprint density at radius 1 is 1.24 bits per heavy atom. The normalized spacial score (nSPS) is 14.6. The smallest absolute Gasteiger partial charge is 0.437 e. The molecule has 180 valence electrons. The van der Waals surface area contributed by atoms with Crippen LogP contribution < -0.4 is 5.32 Å². The minimum atomic E-state index is -0.674. The molecule has 0 saturated heterocycles. The van der Waals surface area contributed by atoms with Crippen molar-refractivity contribution in [2.75, 3.05) is 12.4 Å². The number of hydrogen-bond donors (Lipinski definition) is 1. The predicted molar refractivity (Wildman–Crippen MR) is 127 cm³/mol. The number of carbonyl (C=O) groups is 2. The summed E-state index contributed by atoms with van der Waals surface area (Å²) >= 11 is 0. The van der Waals surface area contributed by atoms with Gasteiger partial charge in [0.25, 0.3) is 0 Å². The van der Waals surface area contributed by atoms with Gasteiger partial charge in [-0.1, -0.05) is 12.1 Å². The fourth-order valence-electron chi connectivity index (χ4n) is 3.55. The second kappa shape index (κ2) is 9.42. The fourth-order valence-corrected chi connectivity index (χ4v) is 3.55. The van der Waals surface area contributed by atoms with Gasteiger partial charge in [0, 0.05) is 30.9 Å². The maximum atomic E-state index is 13.1. The molecule has 1 aromatic carbocycles. The number of nitrogens with zero attached hydrogens (tertiary/aromatic N) is 4. The highest BCUT2D eigenvalue weighted by Gasteiger charge is 2.31. The number of methoxy groups -OCH3 is 1. The second-order valence-corrected chi connectivity index (χ2v) is 9.65. The zero-order chi connectivity index (χ0) is 24.5. The summed E-state index contributed by atoms with van der Waals surface area (Å²) in [6.45, 7) is 7.68. The molecule has 1 unspecified atom stereocenters. The number of hydrogen-bond acceptors (Lipinski definition) is 6. The molecule has 0 spiro atoms. The lowest BCUT2D eigenvalue weighted by molar-refractivity contribution is -0.117. The topological polar surface area (TPSA) is 100 Å². The van der Waals surface area contributed by atoms with E-state index < -0.39 is 17.6 Å². The molecule has 2 aromatic heterocycles. The van der Waals surface area contributed by atoms with Crippen molar-refractivity contribution in [2.45, 2.75) is 64.6 Å². The van der Waals surface area contributed by atoms with Gasteiger partial charge in [-0.3, -0.25) is 4.79 Å². The SMILES string of the molecule is COCc1cccc(-n2cc(C(C)C(=O)Nc3cc(C4CC4)nn3C(=O)OC(C)(C)C)cn2)c1. The van der Waals surface area contributed by atoms with Gasteiger partial charge in [0.15, 0.2) is 0 Å². The van der Waals surface area contributed by atoms with E-state index in [0.29, 0.717) is 18.3 Å². The van der Waals surface area contributed by atoms with Crippen LogP contribution in [0.1, 0.15) is 69.2 Å². The number of nitrogens with one attached hydrogen (secondary N) is 1. The van der Waals surface area contributed by atoms with Crippen LogP contribution in [0.5, 0.6) is 0 Å². The van der Waals surface area contributed by atoms with Crippen molar-refractivity contribution in [2.24, 2.45) is 0 Å². The maximum absolute atomic E-state index is 13.1. The molecule has 1 N–H and O–H groups in total. The van der Waals surface area contributed by atoms with Crippen LogP contribution in [0.15, 0.2) is 42.7 Å². The van der Waals surface area contributed by atoms with Gasteiger partial charge in [-0.25, -0.2) is 9.48 Å². The Morgan fingerprint density at radius 3 is 2.68 bits per heavy atom. The average molecular weight is 466 g/mol. The molecule has 9 heteroatoms. The highest BCUT2D eigenvalue weighted by atomic mass is 16.6. The first-order chi connectivity index (χ1) is 16.1. The number of carbonyl (C=O) groups excluding carboxylic acids is 2. The lowest BCUT2D eigenvalue weighted by Gasteiger charge is -2.20. The first-order valence-corrected chi connectivity index (χ1v) is 11.4. The zero-order valence-electron chi connectivity index (χ0n) is 20.2. The molecule has 1 fully saturated rings. The predicted octanol–water partition coefficient (Wildman–Crippen LogP) is 4.62. The first-order valence-electron chi connectivity index (χ1n) is 11.4. The molecule has 1 aliphatic carbocycles. The van der Waals surface area contributed by atoms with Crippen molar-refractivity contribution in [3.63, 3.8) is 0 Å². The van der Waals surface area contributed by atoms with E-state index in [4.69, 9.17) is 9.47 Å². The van der Waals surface area contributed by atoms with E-state index in [1.54, 1.807) is 51.7 Å². The van der Waals surface area contributed by atoms with E-state index in [1.165, 1.54) is 0 Å². The van der Waals surface area contributed by atoms with Crippen LogP contribution in [0.2, 0.25) is 0 Å². The molecule has 4 rings (SSSR count). The molecule has 2 heterocycles. The Morgan fingerprint density at radius 2 is 2.00 bits per heavy atom. The molecule has 3 aromatic rings. The van der Waals surface area contributed by atoms with Crippen molar-refractivity contribution >= 4 is 17.8 Å². The summed E-state index contributed by atoms with van der Waals surface area (Å²) in [5, 5.41) is 11.7. The van der Waals surface area contributed by atoms with Crippen LogP contribution in [-0.4, -0.2) is 44.3 Å². The van der Waals surface area contributed by atoms with E-state index in [9.17, 15) is 9.59 Å². The van der Waals surface area contributed by atoms with Crippen LogP contribution in [0, 0.1) is 0 Å². The van der Waals surface area contributed by atoms with E-state index in [2.05, 4.69) is 15.5 Å². The van der Waals surface area contributed by atoms with Gasteiger partial charge in [0.2, 0.25) is 5.91 Å². The lowest BCUT2D eigenvalue weighted by atomic mass is 10.0. The molecule has 34 heavy (non-hydrogen) atoms. The van der Waals surface area contributed by atoms with Gasteiger partial charge >= 0.3 is 6.09 Å². The number of benzene rings is 1. The van der Waals surface area contributed by atoms with Crippen LogP contribution in [-0.2, 0) is 20.9 Å². The van der Waals surface area contributed by atoms with Gasteiger partial charge < -0.3 is 14.8 Å². The Bertz CT molecular complexity index is 1190. The molecule has 1 atom stereocenters. The highest BCUT2D eigenvalue weighted by Crippen LogP contribution is 2.40. The van der Waals surface area contributed by atoms with Gasteiger partial charge in [0.05, 0.1) is 30.1 Å². The number of ether oxygens (including phenoxy) is 2. The number of aromatic nitrogens is 4. The lowest BCUT2D eigenvalue weighted by Crippen LogP contribution is -2.29. The summed E-state index contributed by atoms with van der Waals surface area (Å²) in [7, 11) is 1.65. The van der Waals surface area contributed by atoms with Crippen LogP contribution in [0.3, 0.4) is 0 Å². The monoisotopic (exact) mass is 465 g/mol. The Hall–Kier alpha value is -3.46. The van der Waals surface area contributed by atoms with Crippen molar-refractivity contribution in [1.29, 1.82) is 0 Å². The Balaban J connectivity index is 1.51. The highest BCUT2D eigenvalue weighted by molar-refractivity contribution is 5.96. The van der Waals surface area contributed by atoms with Crippen molar-refractivity contribution in [3.05, 3.63) is 59.5 Å². The molecule has 0 radical (unpaired) electrons. The van der Waals surface area contributed by atoms with E-state index >= 15 is 0 Å². The van der Waals surface area contributed by atoms with Gasteiger partial charge in [-0.2, -0.15) is 10.2 Å². The van der Waals surface area contributed by atoms with E-state index in [1.807, 2.05) is 30.5 Å². The van der Waals surface area contributed by atoms with Crippen molar-refractivity contribution < 1.29 is 19.1 Å². The third-order valence-electron chi connectivity index (χ3n) is 5.52. The van der Waals surface area contributed by atoms with Crippen LogP contribution >= 0.6 is 0 Å². The summed E-state index contributed by atoms with van der Waals surface area (Å²) in [6.07, 6.45) is 4.94. The van der Waals surface area contributed by atoms with E-state index in [0.717, 1.165) is 40.0 Å². The van der Waals surface area contributed by atoms with Crippen molar-refractivity contribution in [1.82, 2.24) is 19.6 Å². The van der Waals surface area contributed by atoms with Crippen LogP contribution in [0.25, 0.3) is 5.69 Å². The van der Waals surface area contributed by atoms with E-state index in [-0.39, 0.29) is 5.91 Å². The Labute approximate surface area is 199 Å². The molecule has 9 nitrogen and oxygen atoms in total. The number of anilines is 1. The van der Waals surface area contributed by atoms with Gasteiger partial charge in [-0.15, -0.1) is 4.68 Å². The third kappa shape index (κ3) is 5.53. The minimum absolute atomic E-state index is 0.264.